The molecule has 1 amide bonds. The summed E-state index contributed by atoms with van der Waals surface area (Å²) in [5, 5.41) is 13.0. The molecule has 20 heavy (non-hydrogen) atoms. The van der Waals surface area contributed by atoms with Crippen molar-refractivity contribution in [2.24, 2.45) is 0 Å². The number of para-hydroxylation sites is 2. The Morgan fingerprint density at radius 3 is 2.80 bits per heavy atom. The Bertz CT molecular complexity index is 634. The van der Waals surface area contributed by atoms with E-state index in [2.05, 4.69) is 17.2 Å². The Morgan fingerprint density at radius 2 is 2.10 bits per heavy atom. The molecule has 106 valence electrons. The standard InChI is InChI=1S/C14H17N3O3/c1-2-3-8-17-11-7-5-4-6-10(11)15-14(17)16-12(18)9-13(19)20/h4-7H,2-3,8-9H2,1H3,(H,19,20)(H,15,16,18)/p-1. The zero-order valence-electron chi connectivity index (χ0n) is 11.3. The number of fused-ring (bicyclic) bond motifs is 1. The number of benzene rings is 1. The van der Waals surface area contributed by atoms with Gasteiger partial charge in [-0.25, -0.2) is 4.98 Å². The Kier molecular flexibility index (Phi) is 4.34. The summed E-state index contributed by atoms with van der Waals surface area (Å²) >= 11 is 0. The fourth-order valence-corrected chi connectivity index (χ4v) is 2.01. The third-order valence-corrected chi connectivity index (χ3v) is 2.95. The number of carboxylic acids is 1. The molecule has 0 saturated carbocycles. The number of carbonyl (C=O) groups excluding carboxylic acids is 2. The van der Waals surface area contributed by atoms with Crippen LogP contribution in [0.3, 0.4) is 0 Å². The molecule has 6 nitrogen and oxygen atoms in total. The number of aromatic nitrogens is 2. The maximum atomic E-state index is 11.5. The Morgan fingerprint density at radius 1 is 1.35 bits per heavy atom. The van der Waals surface area contributed by atoms with Gasteiger partial charge >= 0.3 is 0 Å². The number of aryl methyl sites for hydroxylation is 1. The van der Waals surface area contributed by atoms with E-state index in [-0.39, 0.29) is 0 Å². The molecule has 0 aliphatic heterocycles. The quantitative estimate of drug-likeness (QED) is 0.793. The molecule has 1 N–H and O–H groups in total. The van der Waals surface area contributed by atoms with Crippen LogP contribution in [-0.4, -0.2) is 21.4 Å². The maximum absolute atomic E-state index is 11.5. The first-order chi connectivity index (χ1) is 9.61. The van der Waals surface area contributed by atoms with Gasteiger partial charge in [-0.1, -0.05) is 25.5 Å². The molecule has 0 fully saturated rings. The molecule has 1 aromatic carbocycles. The van der Waals surface area contributed by atoms with Gasteiger partial charge in [-0.2, -0.15) is 0 Å². The van der Waals surface area contributed by atoms with Crippen LogP contribution >= 0.6 is 0 Å². The van der Waals surface area contributed by atoms with Crippen LogP contribution < -0.4 is 10.4 Å². The summed E-state index contributed by atoms with van der Waals surface area (Å²) in [6, 6.07) is 7.55. The molecule has 2 rings (SSSR count). The summed E-state index contributed by atoms with van der Waals surface area (Å²) in [7, 11) is 0. The number of rotatable bonds is 6. The van der Waals surface area contributed by atoms with Gasteiger partial charge in [-0.15, -0.1) is 0 Å². The Hall–Kier alpha value is -2.37. The van der Waals surface area contributed by atoms with Crippen LogP contribution in [0.1, 0.15) is 26.2 Å². The van der Waals surface area contributed by atoms with Crippen molar-refractivity contribution in [3.63, 3.8) is 0 Å². The third kappa shape index (κ3) is 3.14. The van der Waals surface area contributed by atoms with Crippen LogP contribution in [0.5, 0.6) is 0 Å². The first-order valence-electron chi connectivity index (χ1n) is 6.56. The molecular weight excluding hydrogens is 258 g/mol. The number of aliphatic carboxylic acids is 1. The summed E-state index contributed by atoms with van der Waals surface area (Å²) < 4.78 is 1.89. The average Bonchev–Trinajstić information content (AvgIpc) is 2.72. The summed E-state index contributed by atoms with van der Waals surface area (Å²) in [4.78, 5) is 26.3. The highest BCUT2D eigenvalue weighted by molar-refractivity contribution is 6.00. The van der Waals surface area contributed by atoms with Gasteiger partial charge in [0.25, 0.3) is 0 Å². The Balaban J connectivity index is 2.30. The van der Waals surface area contributed by atoms with Crippen molar-refractivity contribution in [3.05, 3.63) is 24.3 Å². The van der Waals surface area contributed by atoms with E-state index in [1.54, 1.807) is 0 Å². The molecule has 0 atom stereocenters. The van der Waals surface area contributed by atoms with Gasteiger partial charge in [-0.05, 0) is 18.6 Å². The molecule has 0 saturated heterocycles. The predicted molar refractivity (Wildman–Crippen MR) is 72.9 cm³/mol. The van der Waals surface area contributed by atoms with Crippen molar-refractivity contribution in [1.29, 1.82) is 0 Å². The van der Waals surface area contributed by atoms with E-state index in [4.69, 9.17) is 0 Å². The van der Waals surface area contributed by atoms with E-state index in [9.17, 15) is 14.7 Å². The van der Waals surface area contributed by atoms with Crippen molar-refractivity contribution in [2.75, 3.05) is 5.32 Å². The van der Waals surface area contributed by atoms with E-state index in [0.717, 1.165) is 30.4 Å². The second-order valence-corrected chi connectivity index (χ2v) is 4.53. The van der Waals surface area contributed by atoms with E-state index in [1.165, 1.54) is 0 Å². The van der Waals surface area contributed by atoms with Crippen LogP contribution in [-0.2, 0) is 16.1 Å². The van der Waals surface area contributed by atoms with Crippen molar-refractivity contribution < 1.29 is 14.7 Å². The molecule has 6 heteroatoms. The van der Waals surface area contributed by atoms with Crippen LogP contribution in [0.15, 0.2) is 24.3 Å². The summed E-state index contributed by atoms with van der Waals surface area (Å²) in [6.07, 6.45) is 1.29. The first-order valence-corrected chi connectivity index (χ1v) is 6.56. The zero-order valence-corrected chi connectivity index (χ0v) is 11.3. The number of imidazole rings is 1. The van der Waals surface area contributed by atoms with Crippen LogP contribution in [0.25, 0.3) is 11.0 Å². The molecule has 0 spiro atoms. The van der Waals surface area contributed by atoms with E-state index < -0.39 is 18.3 Å². The third-order valence-electron chi connectivity index (χ3n) is 2.95. The minimum atomic E-state index is -1.40. The highest BCUT2D eigenvalue weighted by Gasteiger charge is 2.12. The van der Waals surface area contributed by atoms with E-state index in [0.29, 0.717) is 5.95 Å². The lowest BCUT2D eigenvalue weighted by Crippen LogP contribution is -2.28. The van der Waals surface area contributed by atoms with Gasteiger partial charge in [0.05, 0.1) is 23.4 Å². The molecule has 1 aromatic heterocycles. The zero-order chi connectivity index (χ0) is 14.5. The average molecular weight is 274 g/mol. The minimum absolute atomic E-state index is 0.380. The van der Waals surface area contributed by atoms with Crippen LogP contribution in [0.2, 0.25) is 0 Å². The largest absolute Gasteiger partial charge is 0.550 e. The molecule has 0 bridgehead atoms. The molecular formula is C14H16N3O3-. The summed E-state index contributed by atoms with van der Waals surface area (Å²) in [6.45, 7) is 2.80. The van der Waals surface area contributed by atoms with Gasteiger partial charge in [0.15, 0.2) is 0 Å². The number of carboxylic acid groups (broad SMARTS) is 1. The first kappa shape index (κ1) is 14.0. The Labute approximate surface area is 116 Å². The lowest BCUT2D eigenvalue weighted by Gasteiger charge is -2.09. The number of hydrogen-bond acceptors (Lipinski definition) is 4. The second-order valence-electron chi connectivity index (χ2n) is 4.53. The number of nitrogens with zero attached hydrogens (tertiary/aromatic N) is 2. The minimum Gasteiger partial charge on any atom is -0.550 e. The fourth-order valence-electron chi connectivity index (χ4n) is 2.01. The van der Waals surface area contributed by atoms with Crippen molar-refractivity contribution in [2.45, 2.75) is 32.7 Å². The van der Waals surface area contributed by atoms with Crippen molar-refractivity contribution >= 4 is 28.9 Å². The highest BCUT2D eigenvalue weighted by atomic mass is 16.4. The summed E-state index contributed by atoms with van der Waals surface area (Å²) in [5.74, 6) is -1.65. The van der Waals surface area contributed by atoms with Crippen molar-refractivity contribution in [1.82, 2.24) is 9.55 Å². The number of amides is 1. The SMILES string of the molecule is CCCCn1c(NC(=O)CC(=O)[O-])nc2ccccc21. The van der Waals surface area contributed by atoms with Gasteiger partial charge in [-0.3, -0.25) is 10.1 Å². The number of carbonyl (C=O) groups is 2. The molecule has 0 unspecified atom stereocenters. The number of hydrogen-bond donors (Lipinski definition) is 1. The van der Waals surface area contributed by atoms with Crippen LogP contribution in [0.4, 0.5) is 5.95 Å². The smallest absolute Gasteiger partial charge is 0.232 e. The van der Waals surface area contributed by atoms with E-state index >= 15 is 0 Å². The predicted octanol–water partition coefficient (Wildman–Crippen LogP) is 0.915. The van der Waals surface area contributed by atoms with Gasteiger partial charge < -0.3 is 14.5 Å². The van der Waals surface area contributed by atoms with Gasteiger partial charge in [0, 0.05) is 6.54 Å². The molecule has 0 aliphatic carbocycles. The summed E-state index contributed by atoms with van der Waals surface area (Å²) in [5.41, 5.74) is 1.69. The maximum Gasteiger partial charge on any atom is 0.232 e. The number of nitrogens with one attached hydrogen (secondary N) is 1. The number of anilines is 1. The van der Waals surface area contributed by atoms with Gasteiger partial charge in [0.1, 0.15) is 0 Å². The molecule has 1 heterocycles. The van der Waals surface area contributed by atoms with Crippen LogP contribution in [0, 0.1) is 0 Å². The van der Waals surface area contributed by atoms with Gasteiger partial charge in [0.2, 0.25) is 11.9 Å². The van der Waals surface area contributed by atoms with E-state index in [1.807, 2.05) is 28.8 Å². The van der Waals surface area contributed by atoms with Crippen molar-refractivity contribution in [3.8, 4) is 0 Å². The monoisotopic (exact) mass is 274 g/mol. The normalized spacial score (nSPS) is 10.7. The highest BCUT2D eigenvalue weighted by Crippen LogP contribution is 2.20. The molecule has 2 aromatic rings. The number of unbranched alkanes of at least 4 members (excludes halogenated alkanes) is 1. The lowest BCUT2D eigenvalue weighted by atomic mass is 10.3. The molecule has 0 radical (unpaired) electrons. The fraction of sp³-hybridized carbons (Fsp3) is 0.357. The lowest BCUT2D eigenvalue weighted by molar-refractivity contribution is -0.304. The topological polar surface area (TPSA) is 87.0 Å². The second kappa shape index (κ2) is 6.18. The molecule has 0 aliphatic rings.